The van der Waals surface area contributed by atoms with Crippen LogP contribution in [0, 0.1) is 0 Å². The zero-order chi connectivity index (χ0) is 12.3. The van der Waals surface area contributed by atoms with Crippen LogP contribution in [0.2, 0.25) is 10.0 Å². The van der Waals surface area contributed by atoms with E-state index in [0.717, 1.165) is 5.56 Å². The normalized spacial score (nSPS) is 14.5. The second-order valence-corrected chi connectivity index (χ2v) is 4.63. The van der Waals surface area contributed by atoms with Crippen LogP contribution in [0.15, 0.2) is 24.8 Å². The molecule has 0 amide bonds. The van der Waals surface area contributed by atoms with Crippen LogP contribution in [0.4, 0.5) is 5.69 Å². The highest BCUT2D eigenvalue weighted by Gasteiger charge is 2.11. The molecule has 2 unspecified atom stereocenters. The van der Waals surface area contributed by atoms with Gasteiger partial charge in [-0.1, -0.05) is 29.3 Å². The molecule has 0 spiro atoms. The van der Waals surface area contributed by atoms with E-state index in [1.165, 1.54) is 0 Å². The van der Waals surface area contributed by atoms with Gasteiger partial charge in [-0.25, -0.2) is 0 Å². The van der Waals surface area contributed by atoms with Crippen LogP contribution < -0.4 is 11.1 Å². The maximum atomic E-state index is 5.98. The largest absolute Gasteiger partial charge is 0.396 e. The molecule has 2 nitrogen and oxygen atoms in total. The average molecular weight is 259 g/mol. The molecule has 0 fully saturated rings. The van der Waals surface area contributed by atoms with Gasteiger partial charge in [-0.15, -0.1) is 6.58 Å². The van der Waals surface area contributed by atoms with Crippen molar-refractivity contribution in [2.45, 2.75) is 25.9 Å². The third kappa shape index (κ3) is 3.14. The second kappa shape index (κ2) is 5.58. The van der Waals surface area contributed by atoms with Crippen molar-refractivity contribution in [1.29, 1.82) is 0 Å². The zero-order valence-electron chi connectivity index (χ0n) is 9.43. The van der Waals surface area contributed by atoms with Crippen molar-refractivity contribution in [3.05, 3.63) is 40.4 Å². The summed E-state index contributed by atoms with van der Waals surface area (Å²) in [5.74, 6) is 0. The fourth-order valence-electron chi connectivity index (χ4n) is 1.41. The molecule has 0 heterocycles. The lowest BCUT2D eigenvalue weighted by Gasteiger charge is -2.18. The minimum absolute atomic E-state index is 0.142. The Morgan fingerprint density at radius 3 is 2.25 bits per heavy atom. The summed E-state index contributed by atoms with van der Waals surface area (Å²) in [6, 6.07) is 4.03. The molecule has 16 heavy (non-hydrogen) atoms. The van der Waals surface area contributed by atoms with Crippen molar-refractivity contribution >= 4 is 28.9 Å². The first-order valence-electron chi connectivity index (χ1n) is 5.08. The Kier molecular flexibility index (Phi) is 4.66. The molecule has 0 radical (unpaired) electrons. The summed E-state index contributed by atoms with van der Waals surface area (Å²) in [6.45, 7) is 7.79. The molecule has 1 aromatic rings. The van der Waals surface area contributed by atoms with E-state index in [1.54, 1.807) is 0 Å². The molecule has 0 saturated heterocycles. The lowest BCUT2D eigenvalue weighted by atomic mass is 10.1. The molecule has 4 heteroatoms. The van der Waals surface area contributed by atoms with Crippen molar-refractivity contribution in [2.24, 2.45) is 0 Å². The molecule has 0 aliphatic rings. The molecule has 1 rings (SSSR count). The van der Waals surface area contributed by atoms with Crippen LogP contribution >= 0.6 is 23.2 Å². The number of hydrogen-bond acceptors (Lipinski definition) is 2. The Balaban J connectivity index is 2.92. The Bertz CT molecular complexity index is 368. The number of hydrogen-bond donors (Lipinski definition) is 2. The van der Waals surface area contributed by atoms with Gasteiger partial charge in [0.1, 0.15) is 0 Å². The number of nitrogens with two attached hydrogens (primary N) is 1. The van der Waals surface area contributed by atoms with Gasteiger partial charge in [-0.3, -0.25) is 0 Å². The van der Waals surface area contributed by atoms with Crippen molar-refractivity contribution in [2.75, 3.05) is 5.73 Å². The number of rotatable bonds is 4. The van der Waals surface area contributed by atoms with E-state index in [0.29, 0.717) is 15.7 Å². The summed E-state index contributed by atoms with van der Waals surface area (Å²) >= 11 is 12.0. The molecule has 0 aliphatic carbocycles. The summed E-state index contributed by atoms with van der Waals surface area (Å²) < 4.78 is 0. The van der Waals surface area contributed by atoms with Crippen molar-refractivity contribution < 1.29 is 0 Å². The summed E-state index contributed by atoms with van der Waals surface area (Å²) in [6.07, 6.45) is 1.84. The highest BCUT2D eigenvalue weighted by molar-refractivity contribution is 6.38. The first kappa shape index (κ1) is 13.4. The molecule has 2 atom stereocenters. The fourth-order valence-corrected chi connectivity index (χ4v) is 1.92. The molecule has 0 saturated carbocycles. The van der Waals surface area contributed by atoms with Gasteiger partial charge in [0.2, 0.25) is 0 Å². The van der Waals surface area contributed by atoms with Crippen LogP contribution in [0.25, 0.3) is 0 Å². The van der Waals surface area contributed by atoms with E-state index in [-0.39, 0.29) is 12.1 Å². The third-order valence-electron chi connectivity index (χ3n) is 2.47. The summed E-state index contributed by atoms with van der Waals surface area (Å²) in [5, 5.41) is 4.32. The number of nitrogen functional groups attached to an aromatic ring is 1. The topological polar surface area (TPSA) is 38.0 Å². The third-order valence-corrected chi connectivity index (χ3v) is 3.09. The number of anilines is 1. The van der Waals surface area contributed by atoms with Gasteiger partial charge < -0.3 is 11.1 Å². The molecule has 88 valence electrons. The van der Waals surface area contributed by atoms with E-state index >= 15 is 0 Å². The second-order valence-electron chi connectivity index (χ2n) is 3.81. The Morgan fingerprint density at radius 1 is 1.31 bits per heavy atom. The van der Waals surface area contributed by atoms with E-state index in [1.807, 2.05) is 32.1 Å². The monoisotopic (exact) mass is 258 g/mol. The molecule has 1 aromatic carbocycles. The van der Waals surface area contributed by atoms with Crippen LogP contribution in [0.5, 0.6) is 0 Å². The lowest BCUT2D eigenvalue weighted by Crippen LogP contribution is -2.26. The molecule has 0 aliphatic heterocycles. The Labute approximate surface area is 106 Å². The van der Waals surface area contributed by atoms with Gasteiger partial charge in [-0.05, 0) is 31.5 Å². The van der Waals surface area contributed by atoms with Crippen molar-refractivity contribution in [3.8, 4) is 0 Å². The van der Waals surface area contributed by atoms with Gasteiger partial charge in [0.15, 0.2) is 0 Å². The molecule has 3 N–H and O–H groups in total. The highest BCUT2D eigenvalue weighted by Crippen LogP contribution is 2.31. The number of benzene rings is 1. The molecule has 0 bridgehead atoms. The van der Waals surface area contributed by atoms with E-state index in [2.05, 4.69) is 11.9 Å². The minimum atomic E-state index is 0.142. The van der Waals surface area contributed by atoms with E-state index in [4.69, 9.17) is 28.9 Å². The van der Waals surface area contributed by atoms with Crippen LogP contribution in [0.1, 0.15) is 25.5 Å². The average Bonchev–Trinajstić information content (AvgIpc) is 2.24. The van der Waals surface area contributed by atoms with Gasteiger partial charge in [0, 0.05) is 12.1 Å². The lowest BCUT2D eigenvalue weighted by molar-refractivity contribution is 0.537. The van der Waals surface area contributed by atoms with Crippen LogP contribution in [-0.4, -0.2) is 6.04 Å². The van der Waals surface area contributed by atoms with Gasteiger partial charge in [0.25, 0.3) is 0 Å². The summed E-state index contributed by atoms with van der Waals surface area (Å²) in [7, 11) is 0. The Morgan fingerprint density at radius 2 is 1.81 bits per heavy atom. The van der Waals surface area contributed by atoms with E-state index < -0.39 is 0 Å². The predicted molar refractivity (Wildman–Crippen MR) is 72.1 cm³/mol. The van der Waals surface area contributed by atoms with Crippen LogP contribution in [-0.2, 0) is 0 Å². The van der Waals surface area contributed by atoms with Crippen molar-refractivity contribution in [3.63, 3.8) is 0 Å². The van der Waals surface area contributed by atoms with Crippen LogP contribution in [0.3, 0.4) is 0 Å². The first-order valence-corrected chi connectivity index (χ1v) is 5.84. The standard InChI is InChI=1S/C12H16Cl2N2/c1-4-7(2)16-8(3)9-5-10(13)12(15)11(14)6-9/h4-8,16H,1,15H2,2-3H3. The van der Waals surface area contributed by atoms with Gasteiger partial charge >= 0.3 is 0 Å². The molecular weight excluding hydrogens is 243 g/mol. The Hall–Kier alpha value is -0.700. The summed E-state index contributed by atoms with van der Waals surface area (Å²) in [5.41, 5.74) is 7.12. The highest BCUT2D eigenvalue weighted by atomic mass is 35.5. The number of nitrogens with one attached hydrogen (secondary N) is 1. The predicted octanol–water partition coefficient (Wildman–Crippen LogP) is 3.80. The maximum Gasteiger partial charge on any atom is 0.0693 e. The van der Waals surface area contributed by atoms with Gasteiger partial charge in [0.05, 0.1) is 15.7 Å². The zero-order valence-corrected chi connectivity index (χ0v) is 10.9. The molecular formula is C12H16Cl2N2. The number of halogens is 2. The quantitative estimate of drug-likeness (QED) is 0.637. The SMILES string of the molecule is C=CC(C)NC(C)c1cc(Cl)c(N)c(Cl)c1. The van der Waals surface area contributed by atoms with E-state index in [9.17, 15) is 0 Å². The summed E-state index contributed by atoms with van der Waals surface area (Å²) in [4.78, 5) is 0. The van der Waals surface area contributed by atoms with Gasteiger partial charge in [-0.2, -0.15) is 0 Å². The fraction of sp³-hybridized carbons (Fsp3) is 0.333. The molecule has 0 aromatic heterocycles. The minimum Gasteiger partial charge on any atom is -0.396 e. The van der Waals surface area contributed by atoms with Crippen molar-refractivity contribution in [1.82, 2.24) is 5.32 Å². The maximum absolute atomic E-state index is 5.98. The smallest absolute Gasteiger partial charge is 0.0693 e. The first-order chi connectivity index (χ1) is 7.45.